The van der Waals surface area contributed by atoms with E-state index in [1.54, 1.807) is 18.2 Å². The van der Waals surface area contributed by atoms with Crippen LogP contribution in [0.1, 0.15) is 28.4 Å². The minimum absolute atomic E-state index is 0.131. The molecule has 1 N–H and O–H groups in total. The maximum absolute atomic E-state index is 12.4. The summed E-state index contributed by atoms with van der Waals surface area (Å²) in [7, 11) is -3.32. The highest BCUT2D eigenvalue weighted by molar-refractivity contribution is 9.10. The van der Waals surface area contributed by atoms with Crippen molar-refractivity contribution in [2.45, 2.75) is 25.8 Å². The Morgan fingerprint density at radius 1 is 1.27 bits per heavy atom. The fourth-order valence-corrected chi connectivity index (χ4v) is 5.11. The first-order valence-corrected chi connectivity index (χ1v) is 11.1. The van der Waals surface area contributed by atoms with Gasteiger partial charge in [-0.2, -0.15) is 0 Å². The highest BCUT2D eigenvalue weighted by Crippen LogP contribution is 2.34. The molecule has 1 amide bonds. The van der Waals surface area contributed by atoms with Crippen molar-refractivity contribution in [1.82, 2.24) is 5.32 Å². The van der Waals surface area contributed by atoms with Gasteiger partial charge in [0.05, 0.1) is 11.9 Å². The van der Waals surface area contributed by atoms with E-state index < -0.39 is 10.0 Å². The van der Waals surface area contributed by atoms with Crippen LogP contribution in [0, 0.1) is 0 Å². The SMILES string of the molecule is CC1Cc2cc(C(=O)NCCc3ccccc3Br)ccc2N1S(C)(=O)=O. The number of hydrogen-bond acceptors (Lipinski definition) is 3. The van der Waals surface area contributed by atoms with Gasteiger partial charge in [0.25, 0.3) is 5.91 Å². The lowest BCUT2D eigenvalue weighted by Crippen LogP contribution is -2.34. The zero-order valence-corrected chi connectivity index (χ0v) is 17.1. The van der Waals surface area contributed by atoms with Crippen LogP contribution >= 0.6 is 15.9 Å². The Labute approximate surface area is 162 Å². The molecule has 1 aliphatic rings. The van der Waals surface area contributed by atoms with Crippen LogP contribution in [0.2, 0.25) is 0 Å². The van der Waals surface area contributed by atoms with Gasteiger partial charge in [-0.05, 0) is 55.2 Å². The number of halogens is 1. The van der Waals surface area contributed by atoms with Crippen molar-refractivity contribution >= 4 is 37.5 Å². The molecule has 2 aromatic carbocycles. The van der Waals surface area contributed by atoms with Gasteiger partial charge in [0.1, 0.15) is 0 Å². The van der Waals surface area contributed by atoms with Crippen molar-refractivity contribution in [2.24, 2.45) is 0 Å². The van der Waals surface area contributed by atoms with E-state index in [0.29, 0.717) is 24.2 Å². The van der Waals surface area contributed by atoms with Crippen LogP contribution in [-0.4, -0.2) is 33.2 Å². The molecular weight excluding hydrogens is 416 g/mol. The first kappa shape index (κ1) is 18.9. The van der Waals surface area contributed by atoms with E-state index >= 15 is 0 Å². The molecule has 0 spiro atoms. The Hall–Kier alpha value is -1.86. The molecule has 5 nitrogen and oxygen atoms in total. The zero-order chi connectivity index (χ0) is 18.9. The molecule has 0 radical (unpaired) electrons. The summed E-state index contributed by atoms with van der Waals surface area (Å²) >= 11 is 3.50. The first-order valence-electron chi connectivity index (χ1n) is 8.41. The molecule has 0 aromatic heterocycles. The lowest BCUT2D eigenvalue weighted by atomic mass is 10.1. The van der Waals surface area contributed by atoms with E-state index in [-0.39, 0.29) is 11.9 Å². The van der Waals surface area contributed by atoms with E-state index in [4.69, 9.17) is 0 Å². The summed E-state index contributed by atoms with van der Waals surface area (Å²) in [5.41, 5.74) is 3.25. The third-order valence-electron chi connectivity index (χ3n) is 4.49. The Bertz CT molecular complexity index is 944. The average molecular weight is 437 g/mol. The molecular formula is C19H21BrN2O3S. The predicted octanol–water partition coefficient (Wildman–Crippen LogP) is 3.13. The molecule has 0 saturated carbocycles. The van der Waals surface area contributed by atoms with Crippen LogP contribution in [0.15, 0.2) is 46.9 Å². The summed E-state index contributed by atoms with van der Waals surface area (Å²) < 4.78 is 26.4. The standard InChI is InChI=1S/C19H21BrN2O3S/c1-13-11-16-12-15(7-8-18(16)22(13)26(2,24)25)19(23)21-10-9-14-5-3-4-6-17(14)20/h3-8,12-13H,9-11H2,1-2H3,(H,21,23). The second kappa shape index (κ2) is 7.40. The lowest BCUT2D eigenvalue weighted by Gasteiger charge is -2.21. The summed E-state index contributed by atoms with van der Waals surface area (Å²) in [4.78, 5) is 12.4. The van der Waals surface area contributed by atoms with Gasteiger partial charge in [-0.1, -0.05) is 34.1 Å². The number of sulfonamides is 1. The van der Waals surface area contributed by atoms with E-state index in [1.807, 2.05) is 31.2 Å². The molecule has 0 saturated heterocycles. The quantitative estimate of drug-likeness (QED) is 0.782. The number of nitrogens with zero attached hydrogens (tertiary/aromatic N) is 1. The highest BCUT2D eigenvalue weighted by Gasteiger charge is 2.32. The molecule has 138 valence electrons. The molecule has 0 bridgehead atoms. The van der Waals surface area contributed by atoms with Crippen molar-refractivity contribution < 1.29 is 13.2 Å². The van der Waals surface area contributed by atoms with Crippen molar-refractivity contribution in [1.29, 1.82) is 0 Å². The number of anilines is 1. The van der Waals surface area contributed by atoms with E-state index in [0.717, 1.165) is 22.0 Å². The topological polar surface area (TPSA) is 66.5 Å². The largest absolute Gasteiger partial charge is 0.352 e. The number of benzene rings is 2. The van der Waals surface area contributed by atoms with Gasteiger partial charge < -0.3 is 5.32 Å². The third kappa shape index (κ3) is 3.94. The number of carbonyl (C=O) groups excluding carboxylic acids is 1. The molecule has 2 aromatic rings. The second-order valence-electron chi connectivity index (χ2n) is 6.55. The monoisotopic (exact) mass is 436 g/mol. The summed E-state index contributed by atoms with van der Waals surface area (Å²) in [6, 6.07) is 13.0. The number of fused-ring (bicyclic) bond motifs is 1. The zero-order valence-electron chi connectivity index (χ0n) is 14.7. The van der Waals surface area contributed by atoms with Gasteiger partial charge in [0.2, 0.25) is 10.0 Å². The molecule has 26 heavy (non-hydrogen) atoms. The summed E-state index contributed by atoms with van der Waals surface area (Å²) in [5.74, 6) is -0.148. The van der Waals surface area contributed by atoms with Gasteiger partial charge in [-0.15, -0.1) is 0 Å². The summed E-state index contributed by atoms with van der Waals surface area (Å²) in [6.07, 6.45) is 2.55. The van der Waals surface area contributed by atoms with Gasteiger partial charge in [-0.25, -0.2) is 8.42 Å². The second-order valence-corrected chi connectivity index (χ2v) is 9.27. The molecule has 1 atom stereocenters. The Morgan fingerprint density at radius 2 is 2.00 bits per heavy atom. The van der Waals surface area contributed by atoms with Crippen molar-refractivity contribution in [3.63, 3.8) is 0 Å². The van der Waals surface area contributed by atoms with Gasteiger partial charge >= 0.3 is 0 Å². The van der Waals surface area contributed by atoms with Crippen molar-refractivity contribution in [3.8, 4) is 0 Å². The molecule has 3 rings (SSSR count). The Kier molecular flexibility index (Phi) is 5.39. The Balaban J connectivity index is 1.68. The number of carbonyl (C=O) groups is 1. The molecule has 0 aliphatic carbocycles. The van der Waals surface area contributed by atoms with E-state index in [1.165, 1.54) is 10.6 Å². The number of rotatable bonds is 5. The van der Waals surface area contributed by atoms with Gasteiger partial charge in [-0.3, -0.25) is 9.10 Å². The predicted molar refractivity (Wildman–Crippen MR) is 107 cm³/mol. The van der Waals surface area contributed by atoms with Crippen LogP contribution in [0.25, 0.3) is 0 Å². The van der Waals surface area contributed by atoms with Crippen molar-refractivity contribution in [3.05, 3.63) is 63.6 Å². The van der Waals surface area contributed by atoms with Crippen LogP contribution in [0.5, 0.6) is 0 Å². The maximum Gasteiger partial charge on any atom is 0.251 e. The molecule has 1 unspecified atom stereocenters. The van der Waals surface area contributed by atoms with Crippen LogP contribution < -0.4 is 9.62 Å². The fraction of sp³-hybridized carbons (Fsp3) is 0.316. The van der Waals surface area contributed by atoms with E-state index in [9.17, 15) is 13.2 Å². The molecule has 0 fully saturated rings. The fourth-order valence-electron chi connectivity index (χ4n) is 3.36. The maximum atomic E-state index is 12.4. The normalized spacial score (nSPS) is 16.4. The van der Waals surface area contributed by atoms with Crippen LogP contribution in [-0.2, 0) is 22.9 Å². The van der Waals surface area contributed by atoms with Gasteiger partial charge in [0.15, 0.2) is 0 Å². The number of amides is 1. The first-order chi connectivity index (χ1) is 12.3. The number of hydrogen-bond donors (Lipinski definition) is 1. The minimum atomic E-state index is -3.32. The molecule has 1 heterocycles. The molecule has 1 aliphatic heterocycles. The Morgan fingerprint density at radius 3 is 2.69 bits per heavy atom. The van der Waals surface area contributed by atoms with Crippen LogP contribution in [0.3, 0.4) is 0 Å². The number of nitrogens with one attached hydrogen (secondary N) is 1. The summed E-state index contributed by atoms with van der Waals surface area (Å²) in [6.45, 7) is 2.41. The summed E-state index contributed by atoms with van der Waals surface area (Å²) in [5, 5.41) is 2.93. The third-order valence-corrected chi connectivity index (χ3v) is 6.53. The smallest absolute Gasteiger partial charge is 0.251 e. The lowest BCUT2D eigenvalue weighted by molar-refractivity contribution is 0.0954. The average Bonchev–Trinajstić information content (AvgIpc) is 2.91. The van der Waals surface area contributed by atoms with Gasteiger partial charge in [0, 0.05) is 22.6 Å². The van der Waals surface area contributed by atoms with E-state index in [2.05, 4.69) is 21.2 Å². The molecule has 7 heteroatoms. The minimum Gasteiger partial charge on any atom is -0.352 e. The highest BCUT2D eigenvalue weighted by atomic mass is 79.9. The van der Waals surface area contributed by atoms with Crippen molar-refractivity contribution in [2.75, 3.05) is 17.1 Å². The van der Waals surface area contributed by atoms with Crippen LogP contribution in [0.4, 0.5) is 5.69 Å².